The van der Waals surface area contributed by atoms with Crippen LogP contribution in [0.15, 0.2) is 35.3 Å². The van der Waals surface area contributed by atoms with Crippen molar-refractivity contribution in [3.05, 3.63) is 35.9 Å². The van der Waals surface area contributed by atoms with Gasteiger partial charge in [-0.15, -0.1) is 0 Å². The maximum atomic E-state index is 4.58. The molecule has 1 aromatic rings. The van der Waals surface area contributed by atoms with E-state index < -0.39 is 0 Å². The van der Waals surface area contributed by atoms with Crippen LogP contribution in [-0.4, -0.2) is 5.16 Å². The summed E-state index contributed by atoms with van der Waals surface area (Å²) < 4.78 is 0. The van der Waals surface area contributed by atoms with Crippen LogP contribution in [0.4, 0.5) is 0 Å². The minimum Gasteiger partial charge on any atom is -0.224 e. The lowest BCUT2D eigenvalue weighted by Crippen LogP contribution is -1.91. The van der Waals surface area contributed by atoms with Gasteiger partial charge in [-0.3, -0.25) is 0 Å². The Bertz CT molecular complexity index is 275. The standard InChI is InChI=1S/C10H11NS/c1-2-10(11-8-12)9-6-4-3-5-7-9/h3-7,10H,2H2,1H3/t10-/m1/s1. The molecule has 0 fully saturated rings. The van der Waals surface area contributed by atoms with Crippen molar-refractivity contribution in [3.8, 4) is 0 Å². The van der Waals surface area contributed by atoms with E-state index in [1.165, 1.54) is 5.56 Å². The Balaban J connectivity index is 2.87. The molecule has 0 radical (unpaired) electrons. The molecule has 0 aromatic heterocycles. The molecule has 0 N–H and O–H groups in total. The summed E-state index contributed by atoms with van der Waals surface area (Å²) in [6.07, 6.45) is 0.966. The first kappa shape index (κ1) is 9.11. The zero-order valence-corrected chi connectivity index (χ0v) is 7.84. The molecular weight excluding hydrogens is 166 g/mol. The second kappa shape index (κ2) is 4.81. The maximum Gasteiger partial charge on any atom is 0.0849 e. The van der Waals surface area contributed by atoms with Crippen molar-refractivity contribution in [1.82, 2.24) is 0 Å². The second-order valence-corrected chi connectivity index (χ2v) is 2.74. The monoisotopic (exact) mass is 177 g/mol. The third kappa shape index (κ3) is 2.26. The van der Waals surface area contributed by atoms with Crippen LogP contribution in [0.1, 0.15) is 24.9 Å². The Labute approximate surface area is 78.1 Å². The van der Waals surface area contributed by atoms with E-state index in [2.05, 4.69) is 41.4 Å². The van der Waals surface area contributed by atoms with Crippen LogP contribution < -0.4 is 0 Å². The number of hydrogen-bond acceptors (Lipinski definition) is 2. The zero-order valence-electron chi connectivity index (χ0n) is 7.03. The smallest absolute Gasteiger partial charge is 0.0849 e. The average Bonchev–Trinajstić information content (AvgIpc) is 2.15. The first-order valence-corrected chi connectivity index (χ1v) is 4.41. The molecular formula is C10H11NS. The van der Waals surface area contributed by atoms with Crippen LogP contribution in [-0.2, 0) is 0 Å². The van der Waals surface area contributed by atoms with E-state index in [9.17, 15) is 0 Å². The Morgan fingerprint density at radius 2 is 2.08 bits per heavy atom. The number of thiocarbonyl (C=S) groups is 1. The molecule has 12 heavy (non-hydrogen) atoms. The van der Waals surface area contributed by atoms with E-state index in [-0.39, 0.29) is 6.04 Å². The molecule has 0 unspecified atom stereocenters. The van der Waals surface area contributed by atoms with E-state index in [0.29, 0.717) is 0 Å². The summed E-state index contributed by atoms with van der Waals surface area (Å²) in [5.41, 5.74) is 1.21. The highest BCUT2D eigenvalue weighted by Crippen LogP contribution is 2.19. The van der Waals surface area contributed by atoms with Crippen molar-refractivity contribution in [3.63, 3.8) is 0 Å². The molecule has 0 aliphatic rings. The van der Waals surface area contributed by atoms with Crippen LogP contribution in [0.3, 0.4) is 0 Å². The second-order valence-electron chi connectivity index (χ2n) is 2.56. The van der Waals surface area contributed by atoms with Gasteiger partial charge < -0.3 is 0 Å². The predicted molar refractivity (Wildman–Crippen MR) is 54.5 cm³/mol. The van der Waals surface area contributed by atoms with Gasteiger partial charge in [0.2, 0.25) is 0 Å². The van der Waals surface area contributed by atoms with E-state index in [4.69, 9.17) is 0 Å². The van der Waals surface area contributed by atoms with Gasteiger partial charge in [-0.1, -0.05) is 37.3 Å². The molecule has 0 heterocycles. The molecule has 1 nitrogen and oxygen atoms in total. The summed E-state index contributed by atoms with van der Waals surface area (Å²) in [4.78, 5) is 4.08. The molecule has 2 heteroatoms. The molecule has 1 rings (SSSR count). The Hall–Kier alpha value is -0.980. The van der Waals surface area contributed by atoms with Crippen LogP contribution >= 0.6 is 12.2 Å². The summed E-state index contributed by atoms with van der Waals surface area (Å²) in [5, 5.41) is 2.43. The summed E-state index contributed by atoms with van der Waals surface area (Å²) in [7, 11) is 0. The lowest BCUT2D eigenvalue weighted by molar-refractivity contribution is 0.706. The Morgan fingerprint density at radius 3 is 2.58 bits per heavy atom. The van der Waals surface area contributed by atoms with E-state index >= 15 is 0 Å². The van der Waals surface area contributed by atoms with Crippen molar-refractivity contribution in [2.24, 2.45) is 4.99 Å². The van der Waals surface area contributed by atoms with Crippen LogP contribution in [0, 0.1) is 0 Å². The van der Waals surface area contributed by atoms with Gasteiger partial charge >= 0.3 is 0 Å². The highest BCUT2D eigenvalue weighted by Gasteiger charge is 2.04. The van der Waals surface area contributed by atoms with Crippen molar-refractivity contribution in [1.29, 1.82) is 0 Å². The van der Waals surface area contributed by atoms with Gasteiger partial charge in [-0.2, -0.15) is 0 Å². The fourth-order valence-electron chi connectivity index (χ4n) is 1.14. The van der Waals surface area contributed by atoms with E-state index in [1.54, 1.807) is 0 Å². The minimum absolute atomic E-state index is 0.184. The number of hydrogen-bond donors (Lipinski definition) is 0. The summed E-state index contributed by atoms with van der Waals surface area (Å²) in [5.74, 6) is 0. The highest BCUT2D eigenvalue weighted by atomic mass is 32.1. The lowest BCUT2D eigenvalue weighted by atomic mass is 10.1. The largest absolute Gasteiger partial charge is 0.224 e. The molecule has 62 valence electrons. The van der Waals surface area contributed by atoms with Gasteiger partial charge in [0.05, 0.1) is 11.2 Å². The number of isothiocyanates is 1. The average molecular weight is 177 g/mol. The maximum absolute atomic E-state index is 4.58. The molecule has 1 atom stereocenters. The van der Waals surface area contributed by atoms with Gasteiger partial charge in [-0.05, 0) is 24.2 Å². The minimum atomic E-state index is 0.184. The van der Waals surface area contributed by atoms with E-state index in [1.807, 2.05) is 18.2 Å². The van der Waals surface area contributed by atoms with Crippen molar-refractivity contribution in [2.75, 3.05) is 0 Å². The van der Waals surface area contributed by atoms with Crippen molar-refractivity contribution >= 4 is 17.4 Å². The highest BCUT2D eigenvalue weighted by molar-refractivity contribution is 7.78. The van der Waals surface area contributed by atoms with Crippen molar-refractivity contribution < 1.29 is 0 Å². The molecule has 0 amide bonds. The zero-order chi connectivity index (χ0) is 8.81. The van der Waals surface area contributed by atoms with Gasteiger partial charge in [-0.25, -0.2) is 4.99 Å². The SMILES string of the molecule is CC[C@@H](N=C=S)c1ccccc1. The topological polar surface area (TPSA) is 12.4 Å². The molecule has 0 saturated heterocycles. The molecule has 1 aromatic carbocycles. The van der Waals surface area contributed by atoms with Gasteiger partial charge in [0, 0.05) is 0 Å². The Kier molecular flexibility index (Phi) is 3.65. The first-order valence-electron chi connectivity index (χ1n) is 4.00. The molecule has 0 bridgehead atoms. The van der Waals surface area contributed by atoms with Gasteiger partial charge in [0.1, 0.15) is 0 Å². The van der Waals surface area contributed by atoms with E-state index in [0.717, 1.165) is 6.42 Å². The van der Waals surface area contributed by atoms with Crippen LogP contribution in [0.2, 0.25) is 0 Å². The lowest BCUT2D eigenvalue weighted by Gasteiger charge is -2.06. The number of benzene rings is 1. The fraction of sp³-hybridized carbons (Fsp3) is 0.300. The molecule has 0 saturated carbocycles. The predicted octanol–water partition coefficient (Wildman–Crippen LogP) is 3.24. The molecule has 0 spiro atoms. The van der Waals surface area contributed by atoms with Crippen molar-refractivity contribution in [2.45, 2.75) is 19.4 Å². The van der Waals surface area contributed by atoms with Gasteiger partial charge in [0.25, 0.3) is 0 Å². The summed E-state index contributed by atoms with van der Waals surface area (Å²) in [6, 6.07) is 10.3. The third-order valence-electron chi connectivity index (χ3n) is 1.78. The van der Waals surface area contributed by atoms with Gasteiger partial charge in [0.15, 0.2) is 0 Å². The Morgan fingerprint density at radius 1 is 1.42 bits per heavy atom. The quantitative estimate of drug-likeness (QED) is 0.510. The molecule has 0 aliphatic heterocycles. The fourth-order valence-corrected chi connectivity index (χ4v) is 1.27. The molecule has 0 aliphatic carbocycles. The third-order valence-corrected chi connectivity index (χ3v) is 1.88. The normalized spacial score (nSPS) is 11.8. The van der Waals surface area contributed by atoms with Crippen LogP contribution in [0.5, 0.6) is 0 Å². The number of aliphatic imine (C=N–C) groups is 1. The first-order chi connectivity index (χ1) is 5.88. The summed E-state index contributed by atoms with van der Waals surface area (Å²) >= 11 is 4.58. The summed E-state index contributed by atoms with van der Waals surface area (Å²) in [6.45, 7) is 2.09. The van der Waals surface area contributed by atoms with Crippen LogP contribution in [0.25, 0.3) is 0 Å². The number of nitrogens with zero attached hydrogens (tertiary/aromatic N) is 1. The number of rotatable bonds is 3.